The Bertz CT molecular complexity index is 604. The molecule has 3 fully saturated rings. The van der Waals surface area contributed by atoms with Gasteiger partial charge < -0.3 is 0 Å². The largest absolute Gasteiger partial charge is 0.0651 e. The van der Waals surface area contributed by atoms with Crippen molar-refractivity contribution in [2.45, 2.75) is 123 Å². The van der Waals surface area contributed by atoms with Crippen molar-refractivity contribution in [1.82, 2.24) is 0 Å². The quantitative estimate of drug-likeness (QED) is 0.391. The van der Waals surface area contributed by atoms with Crippen LogP contribution in [0.25, 0.3) is 0 Å². The van der Waals surface area contributed by atoms with Crippen LogP contribution in [0.5, 0.6) is 0 Å². The van der Waals surface area contributed by atoms with Gasteiger partial charge in [0, 0.05) is 0 Å². The summed E-state index contributed by atoms with van der Waals surface area (Å²) in [7, 11) is 0. The Morgan fingerprint density at radius 3 is 1.06 bits per heavy atom. The van der Waals surface area contributed by atoms with Gasteiger partial charge in [-0.15, -0.1) is 0 Å². The van der Waals surface area contributed by atoms with Crippen LogP contribution in [0.4, 0.5) is 0 Å². The van der Waals surface area contributed by atoms with Crippen LogP contribution in [0.15, 0.2) is 24.3 Å². The van der Waals surface area contributed by atoms with Crippen molar-refractivity contribution in [3.05, 3.63) is 35.4 Å². The Kier molecular flexibility index (Phi) is 8.98. The Labute approximate surface area is 194 Å². The van der Waals surface area contributed by atoms with Gasteiger partial charge in [0.15, 0.2) is 0 Å². The van der Waals surface area contributed by atoms with Gasteiger partial charge in [-0.1, -0.05) is 102 Å². The molecule has 0 N–H and O–H groups in total. The van der Waals surface area contributed by atoms with E-state index < -0.39 is 0 Å². The summed E-state index contributed by atoms with van der Waals surface area (Å²) in [5.74, 6) is 6.07. The Balaban J connectivity index is 1.14. The molecule has 0 heterocycles. The van der Waals surface area contributed by atoms with Crippen molar-refractivity contribution < 1.29 is 0 Å². The third kappa shape index (κ3) is 7.10. The summed E-state index contributed by atoms with van der Waals surface area (Å²) in [5.41, 5.74) is 3.19. The average Bonchev–Trinajstić information content (AvgIpc) is 2.82. The molecule has 0 unspecified atom stereocenters. The van der Waals surface area contributed by atoms with Crippen molar-refractivity contribution in [2.24, 2.45) is 35.5 Å². The van der Waals surface area contributed by atoms with Crippen molar-refractivity contribution in [1.29, 1.82) is 0 Å². The zero-order chi connectivity index (χ0) is 21.5. The zero-order valence-corrected chi connectivity index (χ0v) is 20.8. The number of benzene rings is 1. The van der Waals surface area contributed by atoms with E-state index in [0.29, 0.717) is 0 Å². The highest BCUT2D eigenvalue weighted by molar-refractivity contribution is 5.23. The van der Waals surface area contributed by atoms with Crippen molar-refractivity contribution in [3.8, 4) is 0 Å². The predicted molar refractivity (Wildman–Crippen MR) is 135 cm³/mol. The second-order valence-electron chi connectivity index (χ2n) is 11.9. The Hall–Kier alpha value is -0.780. The minimum absolute atomic E-state index is 0.945. The highest BCUT2D eigenvalue weighted by Gasteiger charge is 2.26. The molecule has 0 radical (unpaired) electrons. The van der Waals surface area contributed by atoms with Crippen LogP contribution in [-0.4, -0.2) is 0 Å². The standard InChI is InChI=1S/C31H50/c1-3-24-5-9-26(10-6-24)21-28-13-17-30(18-14-28)23-31-19-15-29(16-20-31)22-27-11-7-25(4-2)8-12-27/h13-14,17-18,24-27,29,31H,3-12,15-16,19-23H2,1-2H3. The summed E-state index contributed by atoms with van der Waals surface area (Å²) < 4.78 is 0. The van der Waals surface area contributed by atoms with E-state index in [1.807, 2.05) is 0 Å². The lowest BCUT2D eigenvalue weighted by Gasteiger charge is -2.34. The third-order valence-corrected chi connectivity index (χ3v) is 9.79. The Morgan fingerprint density at radius 1 is 0.452 bits per heavy atom. The molecule has 4 rings (SSSR count). The summed E-state index contributed by atoms with van der Waals surface area (Å²) in [6.45, 7) is 4.76. The fourth-order valence-corrected chi connectivity index (χ4v) is 7.34. The van der Waals surface area contributed by atoms with Gasteiger partial charge in [0.1, 0.15) is 0 Å². The maximum Gasteiger partial charge on any atom is -0.0250 e. The normalized spacial score (nSPS) is 34.5. The highest BCUT2D eigenvalue weighted by atomic mass is 14.3. The second-order valence-corrected chi connectivity index (χ2v) is 11.9. The number of hydrogen-bond donors (Lipinski definition) is 0. The Morgan fingerprint density at radius 2 is 0.742 bits per heavy atom. The summed E-state index contributed by atoms with van der Waals surface area (Å²) in [6, 6.07) is 9.84. The molecule has 31 heavy (non-hydrogen) atoms. The van der Waals surface area contributed by atoms with Gasteiger partial charge in [0.05, 0.1) is 0 Å². The van der Waals surface area contributed by atoms with Gasteiger partial charge in [-0.3, -0.25) is 0 Å². The maximum absolute atomic E-state index is 2.46. The monoisotopic (exact) mass is 422 g/mol. The van der Waals surface area contributed by atoms with E-state index in [2.05, 4.69) is 38.1 Å². The molecule has 0 amide bonds. The van der Waals surface area contributed by atoms with Gasteiger partial charge in [-0.05, 0) is 91.6 Å². The fraction of sp³-hybridized carbons (Fsp3) is 0.806. The lowest BCUT2D eigenvalue weighted by Crippen LogP contribution is -2.21. The molecule has 3 saturated carbocycles. The van der Waals surface area contributed by atoms with E-state index in [-0.39, 0.29) is 0 Å². The first-order valence-corrected chi connectivity index (χ1v) is 14.3. The zero-order valence-electron chi connectivity index (χ0n) is 20.8. The predicted octanol–water partition coefficient (Wildman–Crippen LogP) is 9.40. The van der Waals surface area contributed by atoms with E-state index in [1.165, 1.54) is 103 Å². The molecule has 0 nitrogen and oxygen atoms in total. The lowest BCUT2D eigenvalue weighted by molar-refractivity contribution is 0.189. The van der Waals surface area contributed by atoms with E-state index in [9.17, 15) is 0 Å². The van der Waals surface area contributed by atoms with Gasteiger partial charge in [-0.2, -0.15) is 0 Å². The van der Waals surface area contributed by atoms with Crippen LogP contribution in [0.3, 0.4) is 0 Å². The molecular formula is C31H50. The van der Waals surface area contributed by atoms with Crippen molar-refractivity contribution in [3.63, 3.8) is 0 Å². The van der Waals surface area contributed by atoms with E-state index in [4.69, 9.17) is 0 Å². The number of hydrogen-bond acceptors (Lipinski definition) is 0. The van der Waals surface area contributed by atoms with Crippen LogP contribution >= 0.6 is 0 Å². The summed E-state index contributed by atoms with van der Waals surface area (Å²) in [6.07, 6.45) is 25.0. The van der Waals surface area contributed by atoms with Crippen LogP contribution in [0.1, 0.15) is 121 Å². The van der Waals surface area contributed by atoms with Gasteiger partial charge in [0.2, 0.25) is 0 Å². The molecule has 0 saturated heterocycles. The summed E-state index contributed by atoms with van der Waals surface area (Å²) >= 11 is 0. The van der Waals surface area contributed by atoms with Crippen molar-refractivity contribution in [2.75, 3.05) is 0 Å². The first-order valence-electron chi connectivity index (χ1n) is 14.3. The molecule has 0 spiro atoms. The van der Waals surface area contributed by atoms with E-state index in [1.54, 1.807) is 17.5 Å². The molecule has 0 bridgehead atoms. The van der Waals surface area contributed by atoms with E-state index >= 15 is 0 Å². The first kappa shape index (κ1) is 23.4. The molecule has 0 atom stereocenters. The molecule has 3 aliphatic rings. The third-order valence-electron chi connectivity index (χ3n) is 9.79. The molecule has 0 aliphatic heterocycles. The molecule has 1 aromatic carbocycles. The minimum atomic E-state index is 0.945. The van der Waals surface area contributed by atoms with Crippen LogP contribution in [0.2, 0.25) is 0 Å². The average molecular weight is 423 g/mol. The van der Waals surface area contributed by atoms with Crippen LogP contribution in [0, 0.1) is 35.5 Å². The molecule has 174 valence electrons. The smallest absolute Gasteiger partial charge is 0.0250 e. The van der Waals surface area contributed by atoms with Crippen molar-refractivity contribution >= 4 is 0 Å². The molecule has 0 aromatic heterocycles. The summed E-state index contributed by atoms with van der Waals surface area (Å²) in [5, 5.41) is 0. The molecular weight excluding hydrogens is 372 g/mol. The molecule has 0 heteroatoms. The summed E-state index contributed by atoms with van der Waals surface area (Å²) in [4.78, 5) is 0. The second kappa shape index (κ2) is 11.9. The minimum Gasteiger partial charge on any atom is -0.0651 e. The fourth-order valence-electron chi connectivity index (χ4n) is 7.34. The van der Waals surface area contributed by atoms with Crippen LogP contribution < -0.4 is 0 Å². The van der Waals surface area contributed by atoms with Gasteiger partial charge in [0.25, 0.3) is 0 Å². The topological polar surface area (TPSA) is 0 Å². The molecule has 3 aliphatic carbocycles. The lowest BCUT2D eigenvalue weighted by atomic mass is 9.72. The highest BCUT2D eigenvalue weighted by Crippen LogP contribution is 2.39. The van der Waals surface area contributed by atoms with Gasteiger partial charge in [-0.25, -0.2) is 0 Å². The molecule has 1 aromatic rings. The first-order chi connectivity index (χ1) is 15.2. The van der Waals surface area contributed by atoms with Gasteiger partial charge >= 0.3 is 0 Å². The van der Waals surface area contributed by atoms with Crippen LogP contribution in [-0.2, 0) is 12.8 Å². The number of rotatable bonds is 8. The SMILES string of the molecule is CCC1CCC(Cc2ccc(CC3CCC(CC4CCC(CC)CC4)CC3)cc2)CC1. The van der Waals surface area contributed by atoms with E-state index in [0.717, 1.165) is 35.5 Å². The maximum atomic E-state index is 2.46.